The number of benzene rings is 3. The number of halogens is 1. The van der Waals surface area contributed by atoms with E-state index in [9.17, 15) is 19.1 Å². The molecule has 1 fully saturated rings. The number of unbranched alkanes of at least 4 members (excludes halogenated alkanes) is 2. The van der Waals surface area contributed by atoms with Gasteiger partial charge in [-0.05, 0) is 66.4 Å². The molecular weight excluding hydrogens is 614 g/mol. The molecule has 2 heterocycles. The number of thioether (sulfide) groups is 1. The summed E-state index contributed by atoms with van der Waals surface area (Å²) in [6, 6.07) is 19.4. The molecule has 234 valence electrons. The number of aliphatic hydroxyl groups excluding tert-OH is 1. The van der Waals surface area contributed by atoms with Crippen LogP contribution in [0.3, 0.4) is 0 Å². The minimum absolute atomic E-state index is 0.0606. The fraction of sp³-hybridized carbons (Fsp3) is 0.294. The van der Waals surface area contributed by atoms with E-state index in [4.69, 9.17) is 9.47 Å². The van der Waals surface area contributed by atoms with E-state index in [1.165, 1.54) is 22.7 Å². The third-order valence-electron chi connectivity index (χ3n) is 7.17. The molecule has 0 spiro atoms. The molecule has 0 radical (unpaired) electrons. The van der Waals surface area contributed by atoms with Crippen LogP contribution in [0.25, 0.3) is 5.76 Å². The van der Waals surface area contributed by atoms with Gasteiger partial charge in [-0.25, -0.2) is 4.39 Å². The average Bonchev–Trinajstić information content (AvgIpc) is 3.63. The van der Waals surface area contributed by atoms with Gasteiger partial charge < -0.3 is 14.6 Å². The number of carbonyl (C=O) groups excluding carboxylic acids is 2. The molecule has 0 saturated carbocycles. The number of amides is 1. The van der Waals surface area contributed by atoms with E-state index in [0.717, 1.165) is 37.0 Å². The fourth-order valence-corrected chi connectivity index (χ4v) is 6.69. The van der Waals surface area contributed by atoms with Crippen LogP contribution in [0.2, 0.25) is 0 Å². The van der Waals surface area contributed by atoms with Crippen molar-refractivity contribution in [2.75, 3.05) is 18.1 Å². The van der Waals surface area contributed by atoms with Crippen molar-refractivity contribution in [3.63, 3.8) is 0 Å². The summed E-state index contributed by atoms with van der Waals surface area (Å²) in [6.07, 6.45) is 3.95. The van der Waals surface area contributed by atoms with E-state index in [-0.39, 0.29) is 22.3 Å². The Morgan fingerprint density at radius 3 is 2.29 bits per heavy atom. The number of aromatic nitrogens is 2. The number of nitrogens with zero attached hydrogens (tertiary/aromatic N) is 3. The summed E-state index contributed by atoms with van der Waals surface area (Å²) in [7, 11) is 0. The molecule has 1 aliphatic rings. The Hall–Kier alpha value is -4.22. The zero-order valence-electron chi connectivity index (χ0n) is 25.1. The van der Waals surface area contributed by atoms with Crippen LogP contribution >= 0.6 is 23.1 Å². The number of carbonyl (C=O) groups is 2. The highest BCUT2D eigenvalue weighted by molar-refractivity contribution is 8.00. The Labute approximate surface area is 269 Å². The summed E-state index contributed by atoms with van der Waals surface area (Å²) in [5, 5.41) is 20.1. The average molecular weight is 648 g/mol. The molecule has 1 amide bonds. The molecule has 45 heavy (non-hydrogen) atoms. The summed E-state index contributed by atoms with van der Waals surface area (Å²) in [5.74, 6) is -0.664. The Morgan fingerprint density at radius 2 is 1.60 bits per heavy atom. The summed E-state index contributed by atoms with van der Waals surface area (Å²) in [6.45, 7) is 5.27. The number of hydrogen-bond donors (Lipinski definition) is 1. The lowest BCUT2D eigenvalue weighted by atomic mass is 9.95. The molecule has 5 rings (SSSR count). The Bertz CT molecular complexity index is 1660. The van der Waals surface area contributed by atoms with Crippen molar-refractivity contribution in [3.05, 3.63) is 101 Å². The zero-order chi connectivity index (χ0) is 31.8. The molecule has 1 aromatic heterocycles. The van der Waals surface area contributed by atoms with E-state index < -0.39 is 17.7 Å². The first-order chi connectivity index (χ1) is 21.9. The molecule has 3 aromatic carbocycles. The normalized spacial score (nSPS) is 15.9. The van der Waals surface area contributed by atoms with Gasteiger partial charge in [0.1, 0.15) is 23.1 Å². The Balaban J connectivity index is 1.48. The van der Waals surface area contributed by atoms with E-state index in [1.807, 2.05) is 6.92 Å². The van der Waals surface area contributed by atoms with Gasteiger partial charge in [-0.15, -0.1) is 10.2 Å². The summed E-state index contributed by atoms with van der Waals surface area (Å²) >= 11 is 2.41. The molecule has 1 aliphatic heterocycles. The number of aliphatic hydroxyl groups is 1. The Kier molecular flexibility index (Phi) is 10.9. The van der Waals surface area contributed by atoms with Crippen molar-refractivity contribution in [1.82, 2.24) is 10.2 Å². The van der Waals surface area contributed by atoms with Gasteiger partial charge in [0.15, 0.2) is 4.34 Å². The summed E-state index contributed by atoms with van der Waals surface area (Å²) in [4.78, 5) is 28.4. The molecule has 0 aliphatic carbocycles. The van der Waals surface area contributed by atoms with Crippen molar-refractivity contribution in [2.24, 2.45) is 0 Å². The highest BCUT2D eigenvalue weighted by atomic mass is 32.2. The quantitative estimate of drug-likeness (QED) is 0.0368. The third kappa shape index (κ3) is 7.54. The molecule has 0 bridgehead atoms. The van der Waals surface area contributed by atoms with Crippen LogP contribution in [-0.4, -0.2) is 40.2 Å². The topological polar surface area (TPSA) is 102 Å². The molecular formula is C34H34FN3O5S2. The van der Waals surface area contributed by atoms with Crippen LogP contribution in [0.1, 0.15) is 62.3 Å². The molecule has 1 unspecified atom stereocenters. The molecule has 1 N–H and O–H groups in total. The number of ketones is 1. The first kappa shape index (κ1) is 32.2. The zero-order valence-corrected chi connectivity index (χ0v) is 26.7. The smallest absolute Gasteiger partial charge is 0.301 e. The third-order valence-corrected chi connectivity index (χ3v) is 9.27. The maximum atomic E-state index is 14.2. The van der Waals surface area contributed by atoms with E-state index in [0.29, 0.717) is 51.5 Å². The van der Waals surface area contributed by atoms with Crippen LogP contribution in [0.5, 0.6) is 11.5 Å². The second kappa shape index (κ2) is 15.2. The predicted molar refractivity (Wildman–Crippen MR) is 174 cm³/mol. The van der Waals surface area contributed by atoms with Crippen LogP contribution in [0, 0.1) is 5.82 Å². The highest BCUT2D eigenvalue weighted by Crippen LogP contribution is 2.44. The predicted octanol–water partition coefficient (Wildman–Crippen LogP) is 7.95. The maximum absolute atomic E-state index is 14.2. The van der Waals surface area contributed by atoms with Crippen LogP contribution < -0.4 is 14.4 Å². The van der Waals surface area contributed by atoms with E-state index in [2.05, 4.69) is 17.1 Å². The summed E-state index contributed by atoms with van der Waals surface area (Å²) in [5.41, 5.74) is 1.42. The van der Waals surface area contributed by atoms with Gasteiger partial charge in [0.05, 0.1) is 24.8 Å². The first-order valence-corrected chi connectivity index (χ1v) is 16.7. The number of rotatable bonds is 14. The van der Waals surface area contributed by atoms with Gasteiger partial charge in [0.2, 0.25) is 5.13 Å². The largest absolute Gasteiger partial charge is 0.507 e. The second-order valence-electron chi connectivity index (χ2n) is 10.4. The van der Waals surface area contributed by atoms with Crippen molar-refractivity contribution in [3.8, 4) is 11.5 Å². The monoisotopic (exact) mass is 647 g/mol. The molecule has 1 atom stereocenters. The maximum Gasteiger partial charge on any atom is 0.301 e. The number of ether oxygens (including phenoxy) is 2. The van der Waals surface area contributed by atoms with Crippen LogP contribution in [-0.2, 0) is 15.3 Å². The van der Waals surface area contributed by atoms with Crippen LogP contribution in [0.15, 0.2) is 82.7 Å². The van der Waals surface area contributed by atoms with E-state index >= 15 is 0 Å². The van der Waals surface area contributed by atoms with Crippen LogP contribution in [0.4, 0.5) is 9.52 Å². The highest BCUT2D eigenvalue weighted by Gasteiger charge is 2.48. The fourth-order valence-electron chi connectivity index (χ4n) is 4.83. The van der Waals surface area contributed by atoms with E-state index in [1.54, 1.807) is 66.7 Å². The number of Topliss-reactive ketones (excluding diaryl/α,β-unsaturated/α-hetero) is 1. The van der Waals surface area contributed by atoms with Gasteiger partial charge in [0.25, 0.3) is 5.78 Å². The Morgan fingerprint density at radius 1 is 0.911 bits per heavy atom. The van der Waals surface area contributed by atoms with Gasteiger partial charge in [-0.2, -0.15) is 0 Å². The lowest BCUT2D eigenvalue weighted by molar-refractivity contribution is -0.132. The molecule has 8 nitrogen and oxygen atoms in total. The standard InChI is InChI=1S/C34H34FN3O5S2/c1-3-5-8-20-43-26-15-11-22(12-16-26)29-28(30(39)23-13-17-25(18-14-23)42-19-4-2)31(40)32(41)38(29)33-36-37-34(45-33)44-21-24-9-6-7-10-27(24)35/h6-7,9-18,29,39H,3-5,8,19-21H2,1-2H3/b30-28-. The van der Waals surface area contributed by atoms with Gasteiger partial charge in [0, 0.05) is 11.3 Å². The number of hydrogen-bond acceptors (Lipinski definition) is 9. The number of anilines is 1. The van der Waals surface area contributed by atoms with Crippen molar-refractivity contribution >= 4 is 45.7 Å². The minimum atomic E-state index is -0.965. The lowest BCUT2D eigenvalue weighted by Gasteiger charge is -2.22. The molecule has 11 heteroatoms. The van der Waals surface area contributed by atoms with Crippen molar-refractivity contribution < 1.29 is 28.6 Å². The minimum Gasteiger partial charge on any atom is -0.507 e. The first-order valence-electron chi connectivity index (χ1n) is 14.9. The second-order valence-corrected chi connectivity index (χ2v) is 12.6. The van der Waals surface area contributed by atoms with Crippen molar-refractivity contribution in [1.29, 1.82) is 0 Å². The van der Waals surface area contributed by atoms with Gasteiger partial charge >= 0.3 is 5.91 Å². The molecule has 4 aromatic rings. The van der Waals surface area contributed by atoms with Crippen molar-refractivity contribution in [2.45, 2.75) is 55.7 Å². The van der Waals surface area contributed by atoms with Gasteiger partial charge in [-0.3, -0.25) is 14.5 Å². The SMILES string of the molecule is CCCCCOc1ccc(C2/C(=C(/O)c3ccc(OCCC)cc3)C(=O)C(=O)N2c2nnc(SCc3ccccc3F)s2)cc1. The lowest BCUT2D eigenvalue weighted by Crippen LogP contribution is -2.29. The van der Waals surface area contributed by atoms with Gasteiger partial charge in [-0.1, -0.05) is 80.1 Å². The summed E-state index contributed by atoms with van der Waals surface area (Å²) < 4.78 is 26.2. The molecule has 1 saturated heterocycles.